The van der Waals surface area contributed by atoms with Crippen molar-refractivity contribution in [3.63, 3.8) is 0 Å². The van der Waals surface area contributed by atoms with Gasteiger partial charge in [0, 0.05) is 35.9 Å². The minimum atomic E-state index is -3.76. The van der Waals surface area contributed by atoms with Gasteiger partial charge in [-0.15, -0.1) is 0 Å². The maximum atomic E-state index is 13.8. The highest BCUT2D eigenvalue weighted by atomic mass is 32.2. The van der Waals surface area contributed by atoms with Crippen LogP contribution in [-0.2, 0) is 20.0 Å². The first-order chi connectivity index (χ1) is 16.3. The van der Waals surface area contributed by atoms with Gasteiger partial charge < -0.3 is 0 Å². The first kappa shape index (κ1) is 25.6. The maximum Gasteiger partial charge on any atom is 0.243 e. The molecule has 8 heteroatoms. The van der Waals surface area contributed by atoms with Crippen molar-refractivity contribution < 1.29 is 16.8 Å². The van der Waals surface area contributed by atoms with Gasteiger partial charge in [-0.2, -0.15) is 8.61 Å². The molecule has 0 spiro atoms. The van der Waals surface area contributed by atoms with Crippen LogP contribution in [0.4, 0.5) is 0 Å². The topological polar surface area (TPSA) is 74.8 Å². The molecular weight excluding hydrogens is 468 g/mol. The summed E-state index contributed by atoms with van der Waals surface area (Å²) in [5, 5.41) is 0.968. The van der Waals surface area contributed by atoms with Gasteiger partial charge in [-0.25, -0.2) is 16.8 Å². The van der Waals surface area contributed by atoms with Crippen LogP contribution in [0, 0.1) is 0 Å². The molecule has 2 aliphatic rings. The zero-order valence-electron chi connectivity index (χ0n) is 20.4. The van der Waals surface area contributed by atoms with Crippen molar-refractivity contribution >= 4 is 30.8 Å². The third kappa shape index (κ3) is 4.79. The lowest BCUT2D eigenvalue weighted by molar-refractivity contribution is 0.261. The summed E-state index contributed by atoms with van der Waals surface area (Å²) in [5.74, 6) is 0. The molecule has 4 rings (SSSR count). The number of hydrogen-bond acceptors (Lipinski definition) is 4. The fourth-order valence-electron chi connectivity index (χ4n) is 5.94. The van der Waals surface area contributed by atoms with Gasteiger partial charge in [0.05, 0.1) is 9.79 Å². The van der Waals surface area contributed by atoms with Crippen molar-refractivity contribution in [1.82, 2.24) is 8.61 Å². The van der Waals surface area contributed by atoms with Gasteiger partial charge in [0.2, 0.25) is 20.0 Å². The highest BCUT2D eigenvalue weighted by Crippen LogP contribution is 2.35. The smallest absolute Gasteiger partial charge is 0.207 e. The van der Waals surface area contributed by atoms with Gasteiger partial charge in [-0.05, 0) is 37.8 Å². The third-order valence-corrected chi connectivity index (χ3v) is 11.8. The molecule has 2 saturated carbocycles. The summed E-state index contributed by atoms with van der Waals surface area (Å²) >= 11 is 0. The molecule has 0 N–H and O–H groups in total. The van der Waals surface area contributed by atoms with Gasteiger partial charge in [0.1, 0.15) is 0 Å². The quantitative estimate of drug-likeness (QED) is 0.472. The predicted octanol–water partition coefficient (Wildman–Crippen LogP) is 5.53. The largest absolute Gasteiger partial charge is 0.243 e. The van der Waals surface area contributed by atoms with Crippen LogP contribution < -0.4 is 0 Å². The van der Waals surface area contributed by atoms with E-state index in [1.807, 2.05) is 13.8 Å². The second-order valence-corrected chi connectivity index (χ2v) is 13.3. The Morgan fingerprint density at radius 3 is 1.29 bits per heavy atom. The van der Waals surface area contributed by atoms with E-state index in [9.17, 15) is 16.8 Å². The van der Waals surface area contributed by atoms with Crippen molar-refractivity contribution in [3.8, 4) is 0 Å². The van der Waals surface area contributed by atoms with Crippen LogP contribution in [0.2, 0.25) is 0 Å². The fourth-order valence-corrected chi connectivity index (χ4v) is 9.75. The Kier molecular flexibility index (Phi) is 8.02. The highest BCUT2D eigenvalue weighted by Gasteiger charge is 2.35. The molecular formula is C26H38N2O4S2. The molecule has 188 valence electrons. The van der Waals surface area contributed by atoms with Gasteiger partial charge in [0.25, 0.3) is 0 Å². The molecule has 0 aromatic heterocycles. The van der Waals surface area contributed by atoms with E-state index in [-0.39, 0.29) is 21.9 Å². The Bertz CT molecular complexity index is 1100. The summed E-state index contributed by atoms with van der Waals surface area (Å²) in [4.78, 5) is 0.408. The minimum Gasteiger partial charge on any atom is -0.207 e. The molecule has 0 radical (unpaired) electrons. The maximum absolute atomic E-state index is 13.8. The zero-order valence-corrected chi connectivity index (χ0v) is 22.1. The van der Waals surface area contributed by atoms with E-state index in [1.54, 1.807) is 45.0 Å². The lowest BCUT2D eigenvalue weighted by atomic mass is 9.95. The fraction of sp³-hybridized carbons (Fsp3) is 0.615. The Hall–Kier alpha value is -1.48. The average Bonchev–Trinajstić information content (AvgIpc) is 2.85. The van der Waals surface area contributed by atoms with E-state index in [0.717, 1.165) is 64.2 Å². The second-order valence-electron chi connectivity index (χ2n) is 9.61. The van der Waals surface area contributed by atoms with Gasteiger partial charge in [-0.1, -0.05) is 76.6 Å². The lowest BCUT2D eigenvalue weighted by Gasteiger charge is -2.33. The summed E-state index contributed by atoms with van der Waals surface area (Å²) in [5.41, 5.74) is 0. The number of rotatable bonds is 8. The van der Waals surface area contributed by atoms with Gasteiger partial charge in [0.15, 0.2) is 0 Å². The van der Waals surface area contributed by atoms with Crippen LogP contribution in [0.1, 0.15) is 78.1 Å². The Labute approximate surface area is 205 Å². The number of fused-ring (bicyclic) bond motifs is 1. The molecule has 0 saturated heterocycles. The Balaban J connectivity index is 1.79. The molecule has 2 fully saturated rings. The van der Waals surface area contributed by atoms with Crippen LogP contribution in [0.15, 0.2) is 46.2 Å². The lowest BCUT2D eigenvalue weighted by Crippen LogP contribution is -2.41. The van der Waals surface area contributed by atoms with E-state index in [1.165, 1.54) is 0 Å². The molecule has 0 unspecified atom stereocenters. The first-order valence-electron chi connectivity index (χ1n) is 12.9. The van der Waals surface area contributed by atoms with E-state index in [4.69, 9.17) is 0 Å². The Morgan fingerprint density at radius 1 is 0.618 bits per heavy atom. The van der Waals surface area contributed by atoms with Crippen molar-refractivity contribution in [3.05, 3.63) is 36.4 Å². The zero-order chi connectivity index (χ0) is 24.3. The number of sulfonamides is 2. The third-order valence-electron chi connectivity index (χ3n) is 7.60. The van der Waals surface area contributed by atoms with Crippen molar-refractivity contribution in [2.45, 2.75) is 99.9 Å². The van der Waals surface area contributed by atoms with Gasteiger partial charge >= 0.3 is 0 Å². The summed E-state index contributed by atoms with van der Waals surface area (Å²) < 4.78 is 58.6. The monoisotopic (exact) mass is 506 g/mol. The molecule has 0 atom stereocenters. The SMILES string of the molecule is CCN(C1CCCCC1)S(=O)(=O)c1cccc2c(S(=O)(=O)N(CC)C3CCCCC3)cccc12. The number of benzene rings is 2. The summed E-state index contributed by atoms with van der Waals surface area (Å²) in [6, 6.07) is 10.1. The number of hydrogen-bond donors (Lipinski definition) is 0. The molecule has 0 bridgehead atoms. The van der Waals surface area contributed by atoms with E-state index < -0.39 is 20.0 Å². The molecule has 0 amide bonds. The van der Waals surface area contributed by atoms with Crippen LogP contribution in [0.5, 0.6) is 0 Å². The molecule has 0 aliphatic heterocycles. The van der Waals surface area contributed by atoms with Gasteiger partial charge in [-0.3, -0.25) is 0 Å². The molecule has 2 aromatic carbocycles. The van der Waals surface area contributed by atoms with Crippen molar-refractivity contribution in [2.75, 3.05) is 13.1 Å². The molecule has 2 aliphatic carbocycles. The van der Waals surface area contributed by atoms with Crippen LogP contribution >= 0.6 is 0 Å². The second kappa shape index (κ2) is 10.6. The standard InChI is InChI=1S/C26H38N2O4S2/c1-3-27(21-13-7-5-8-14-21)33(29,30)25-19-11-18-24-23(25)17-12-20-26(24)34(31,32)28(4-2)22-15-9-6-10-16-22/h11-12,17-22H,3-10,13-16H2,1-2H3. The molecule has 0 heterocycles. The van der Waals surface area contributed by atoms with E-state index in [2.05, 4.69) is 0 Å². The molecule has 6 nitrogen and oxygen atoms in total. The summed E-state index contributed by atoms with van der Waals surface area (Å²) in [6.07, 6.45) is 10.00. The van der Waals surface area contributed by atoms with Crippen LogP contribution in [-0.4, -0.2) is 50.6 Å². The summed E-state index contributed by atoms with van der Waals surface area (Å²) in [7, 11) is -7.52. The normalized spacial score (nSPS) is 19.3. The van der Waals surface area contributed by atoms with E-state index in [0.29, 0.717) is 23.9 Å². The van der Waals surface area contributed by atoms with Crippen LogP contribution in [0.3, 0.4) is 0 Å². The Morgan fingerprint density at radius 2 is 0.971 bits per heavy atom. The van der Waals surface area contributed by atoms with Crippen LogP contribution in [0.25, 0.3) is 10.8 Å². The van der Waals surface area contributed by atoms with Crippen molar-refractivity contribution in [1.29, 1.82) is 0 Å². The number of nitrogens with zero attached hydrogens (tertiary/aromatic N) is 2. The average molecular weight is 507 g/mol. The predicted molar refractivity (Wildman–Crippen MR) is 137 cm³/mol. The summed E-state index contributed by atoms with van der Waals surface area (Å²) in [6.45, 7) is 4.59. The van der Waals surface area contributed by atoms with E-state index >= 15 is 0 Å². The highest BCUT2D eigenvalue weighted by molar-refractivity contribution is 7.89. The van der Waals surface area contributed by atoms with Crippen molar-refractivity contribution in [2.24, 2.45) is 0 Å². The minimum absolute atomic E-state index is 0.00723. The molecule has 34 heavy (non-hydrogen) atoms. The molecule has 2 aromatic rings. The first-order valence-corrected chi connectivity index (χ1v) is 15.8.